The summed E-state index contributed by atoms with van der Waals surface area (Å²) in [6.07, 6.45) is 0. The summed E-state index contributed by atoms with van der Waals surface area (Å²) < 4.78 is 7.59. The Labute approximate surface area is 263 Å². The van der Waals surface area contributed by atoms with Gasteiger partial charge in [0.1, 0.15) is 0 Å². The van der Waals surface area contributed by atoms with Crippen molar-refractivity contribution in [3.63, 3.8) is 0 Å². The van der Waals surface area contributed by atoms with E-state index in [0.717, 1.165) is 5.69 Å². The highest BCUT2D eigenvalue weighted by atomic mass is 32.1. The van der Waals surface area contributed by atoms with Gasteiger partial charge < -0.3 is 9.13 Å². The third kappa shape index (κ3) is 3.56. The summed E-state index contributed by atoms with van der Waals surface area (Å²) in [5.41, 5.74) is 9.66. The fraction of sp³-hybridized carbons (Fsp3) is 0. The molecule has 3 heteroatoms. The van der Waals surface area contributed by atoms with Gasteiger partial charge in [0.25, 0.3) is 0 Å². The molecule has 0 bridgehead atoms. The maximum atomic E-state index is 2.49. The van der Waals surface area contributed by atoms with Crippen LogP contribution < -0.4 is 0 Å². The van der Waals surface area contributed by atoms with Gasteiger partial charge in [-0.15, -0.1) is 11.3 Å². The van der Waals surface area contributed by atoms with Crippen LogP contribution in [0.3, 0.4) is 0 Å². The summed E-state index contributed by atoms with van der Waals surface area (Å²) >= 11 is 1.88. The highest BCUT2D eigenvalue weighted by Gasteiger charge is 2.21. The number of nitrogens with zero attached hydrogens (tertiary/aromatic N) is 2. The lowest BCUT2D eigenvalue weighted by atomic mass is 10.1. The first-order valence-corrected chi connectivity index (χ1v) is 16.2. The minimum Gasteiger partial charge on any atom is -0.307 e. The van der Waals surface area contributed by atoms with Gasteiger partial charge in [0.15, 0.2) is 0 Å². The molecule has 210 valence electrons. The third-order valence-electron chi connectivity index (χ3n) is 9.32. The summed E-state index contributed by atoms with van der Waals surface area (Å²) in [5.74, 6) is 0. The predicted octanol–water partition coefficient (Wildman–Crippen LogP) is 11.9. The van der Waals surface area contributed by atoms with Gasteiger partial charge in [-0.05, 0) is 59.7 Å². The normalized spacial score (nSPS) is 12.0. The maximum absolute atomic E-state index is 2.49. The molecule has 0 atom stereocenters. The molecule has 0 saturated heterocycles. The van der Waals surface area contributed by atoms with E-state index in [9.17, 15) is 0 Å². The SMILES string of the molecule is c1ccc(-c2ccc(-n3c4ccccc4c4cccc(-n5c6ccccc6c6cc7c(cc65)sc5ccccc57)c43)cc2)cc1. The molecule has 10 rings (SSSR count). The number of hydrogen-bond donors (Lipinski definition) is 0. The highest BCUT2D eigenvalue weighted by molar-refractivity contribution is 7.25. The van der Waals surface area contributed by atoms with Gasteiger partial charge >= 0.3 is 0 Å². The van der Waals surface area contributed by atoms with Gasteiger partial charge in [-0.1, -0.05) is 109 Å². The van der Waals surface area contributed by atoms with Crippen molar-refractivity contribution in [1.82, 2.24) is 9.13 Å². The van der Waals surface area contributed by atoms with Gasteiger partial charge in [-0.25, -0.2) is 0 Å². The minimum atomic E-state index is 1.15. The van der Waals surface area contributed by atoms with Crippen LogP contribution in [0.4, 0.5) is 0 Å². The van der Waals surface area contributed by atoms with Crippen LogP contribution in [0.25, 0.3) is 86.3 Å². The molecule has 10 aromatic rings. The third-order valence-corrected chi connectivity index (χ3v) is 10.5. The Morgan fingerprint density at radius 1 is 0.356 bits per heavy atom. The van der Waals surface area contributed by atoms with Crippen LogP contribution in [0, 0.1) is 0 Å². The zero-order valence-electron chi connectivity index (χ0n) is 24.3. The molecular formula is C42H26N2S. The first kappa shape index (κ1) is 24.8. The topological polar surface area (TPSA) is 9.86 Å². The summed E-state index contributed by atoms with van der Waals surface area (Å²) in [7, 11) is 0. The van der Waals surface area contributed by atoms with Crippen LogP contribution in [0.2, 0.25) is 0 Å². The fourth-order valence-corrected chi connectivity index (χ4v) is 8.45. The molecule has 0 unspecified atom stereocenters. The van der Waals surface area contributed by atoms with Gasteiger partial charge in [0.2, 0.25) is 0 Å². The van der Waals surface area contributed by atoms with E-state index in [-0.39, 0.29) is 0 Å². The Bertz CT molecular complexity index is 2740. The van der Waals surface area contributed by atoms with Crippen molar-refractivity contribution in [3.8, 4) is 22.5 Å². The Morgan fingerprint density at radius 3 is 1.78 bits per heavy atom. The Balaban J connectivity index is 1.31. The second-order valence-electron chi connectivity index (χ2n) is 11.8. The van der Waals surface area contributed by atoms with Crippen molar-refractivity contribution in [2.45, 2.75) is 0 Å². The molecular weight excluding hydrogens is 565 g/mol. The number of rotatable bonds is 3. The van der Waals surface area contributed by atoms with Crippen molar-refractivity contribution in [1.29, 1.82) is 0 Å². The molecule has 7 aromatic carbocycles. The average Bonchev–Trinajstić information content (AvgIpc) is 3.75. The van der Waals surface area contributed by atoms with E-state index in [4.69, 9.17) is 0 Å². The second-order valence-corrected chi connectivity index (χ2v) is 12.8. The summed E-state index contributed by atoms with van der Waals surface area (Å²) in [6, 6.07) is 57.6. The van der Waals surface area contributed by atoms with Crippen LogP contribution in [-0.2, 0) is 0 Å². The Kier molecular flexibility index (Phi) is 5.19. The van der Waals surface area contributed by atoms with E-state index >= 15 is 0 Å². The van der Waals surface area contributed by atoms with E-state index in [1.807, 2.05) is 11.3 Å². The maximum Gasteiger partial charge on any atom is 0.0782 e. The molecule has 0 aliphatic heterocycles. The van der Waals surface area contributed by atoms with E-state index in [2.05, 4.69) is 167 Å². The molecule has 0 aliphatic carbocycles. The lowest BCUT2D eigenvalue weighted by Gasteiger charge is -2.15. The first-order chi connectivity index (χ1) is 22.3. The van der Waals surface area contributed by atoms with E-state index in [1.165, 1.54) is 80.6 Å². The molecule has 2 nitrogen and oxygen atoms in total. The number of thiophene rings is 1. The van der Waals surface area contributed by atoms with Gasteiger partial charge in [-0.2, -0.15) is 0 Å². The Morgan fingerprint density at radius 2 is 0.978 bits per heavy atom. The lowest BCUT2D eigenvalue weighted by Crippen LogP contribution is -2.00. The zero-order chi connectivity index (χ0) is 29.5. The van der Waals surface area contributed by atoms with Crippen LogP contribution in [0.1, 0.15) is 0 Å². The Hall–Kier alpha value is -5.64. The molecule has 0 saturated carbocycles. The highest BCUT2D eigenvalue weighted by Crippen LogP contribution is 2.43. The molecule has 0 spiro atoms. The van der Waals surface area contributed by atoms with Gasteiger partial charge in [0, 0.05) is 47.4 Å². The lowest BCUT2D eigenvalue weighted by molar-refractivity contribution is 1.13. The second kappa shape index (κ2) is 9.43. The first-order valence-electron chi connectivity index (χ1n) is 15.4. The molecule has 0 aliphatic rings. The molecule has 45 heavy (non-hydrogen) atoms. The number of aromatic nitrogens is 2. The average molecular weight is 591 g/mol. The zero-order valence-corrected chi connectivity index (χ0v) is 25.1. The quantitative estimate of drug-likeness (QED) is 0.194. The van der Waals surface area contributed by atoms with Crippen molar-refractivity contribution in [3.05, 3.63) is 158 Å². The molecule has 0 radical (unpaired) electrons. The molecule has 3 aromatic heterocycles. The number of benzene rings is 7. The molecule has 0 fully saturated rings. The minimum absolute atomic E-state index is 1.15. The molecule has 0 N–H and O–H groups in total. The monoisotopic (exact) mass is 590 g/mol. The fourth-order valence-electron chi connectivity index (χ4n) is 7.33. The van der Waals surface area contributed by atoms with Gasteiger partial charge in [-0.3, -0.25) is 0 Å². The van der Waals surface area contributed by atoms with Crippen molar-refractivity contribution in [2.24, 2.45) is 0 Å². The van der Waals surface area contributed by atoms with Crippen molar-refractivity contribution < 1.29 is 0 Å². The van der Waals surface area contributed by atoms with Crippen LogP contribution >= 0.6 is 11.3 Å². The van der Waals surface area contributed by atoms with E-state index in [1.54, 1.807) is 0 Å². The number of para-hydroxylation sites is 3. The van der Waals surface area contributed by atoms with Crippen molar-refractivity contribution >= 4 is 75.1 Å². The van der Waals surface area contributed by atoms with Crippen LogP contribution in [0.15, 0.2) is 158 Å². The number of hydrogen-bond acceptors (Lipinski definition) is 1. The van der Waals surface area contributed by atoms with Crippen molar-refractivity contribution in [2.75, 3.05) is 0 Å². The summed E-state index contributed by atoms with van der Waals surface area (Å²) in [4.78, 5) is 0. The standard InChI is InChI=1S/C42H26N2S/c1-2-11-27(12-3-1)28-21-23-29(24-22-28)43-36-17-7-4-13-30(36)33-16-10-19-38(42(33)43)44-37-18-8-5-14-31(37)34-25-35-32-15-6-9-20-40(32)45-41(35)26-39(34)44/h1-26H. The van der Waals surface area contributed by atoms with E-state index < -0.39 is 0 Å². The number of fused-ring (bicyclic) bond motifs is 9. The van der Waals surface area contributed by atoms with Gasteiger partial charge in [0.05, 0.1) is 27.8 Å². The smallest absolute Gasteiger partial charge is 0.0782 e. The largest absolute Gasteiger partial charge is 0.307 e. The van der Waals surface area contributed by atoms with Crippen LogP contribution in [-0.4, -0.2) is 9.13 Å². The van der Waals surface area contributed by atoms with Crippen LogP contribution in [0.5, 0.6) is 0 Å². The predicted molar refractivity (Wildman–Crippen MR) is 193 cm³/mol. The molecule has 0 amide bonds. The van der Waals surface area contributed by atoms with E-state index in [0.29, 0.717) is 0 Å². The molecule has 3 heterocycles. The summed E-state index contributed by atoms with van der Waals surface area (Å²) in [6.45, 7) is 0. The summed E-state index contributed by atoms with van der Waals surface area (Å²) in [5, 5.41) is 7.73.